The zero-order chi connectivity index (χ0) is 14.5. The minimum Gasteiger partial charge on any atom is -0.481 e. The molecule has 1 fully saturated rings. The van der Waals surface area contributed by atoms with Crippen molar-refractivity contribution in [3.63, 3.8) is 0 Å². The van der Waals surface area contributed by atoms with Crippen molar-refractivity contribution in [3.8, 4) is 0 Å². The highest BCUT2D eigenvalue weighted by molar-refractivity contribution is 5.94. The van der Waals surface area contributed by atoms with Gasteiger partial charge in [0.2, 0.25) is 5.91 Å². The van der Waals surface area contributed by atoms with Crippen LogP contribution in [0.4, 0.5) is 5.69 Å². The third kappa shape index (κ3) is 4.35. The van der Waals surface area contributed by atoms with E-state index in [2.05, 4.69) is 5.32 Å². The highest BCUT2D eigenvalue weighted by Crippen LogP contribution is 2.30. The fraction of sp³-hybridized carbons (Fsp3) is 0.467. The lowest BCUT2D eigenvalue weighted by molar-refractivity contribution is -0.137. The fourth-order valence-corrected chi connectivity index (χ4v) is 2.04. The van der Waals surface area contributed by atoms with Gasteiger partial charge in [-0.3, -0.25) is 9.59 Å². The molecule has 20 heavy (non-hydrogen) atoms. The van der Waals surface area contributed by atoms with Crippen molar-refractivity contribution in [2.45, 2.75) is 38.1 Å². The zero-order valence-corrected chi connectivity index (χ0v) is 11.3. The number of carboxylic acids is 1. The van der Waals surface area contributed by atoms with Crippen LogP contribution in [-0.4, -0.2) is 17.0 Å². The predicted octanol–water partition coefficient (Wildman–Crippen LogP) is 2.29. The summed E-state index contributed by atoms with van der Waals surface area (Å²) in [5.74, 6) is -0.521. The quantitative estimate of drug-likeness (QED) is 0.712. The first-order valence-electron chi connectivity index (χ1n) is 6.94. The van der Waals surface area contributed by atoms with Crippen molar-refractivity contribution in [2.24, 2.45) is 11.7 Å². The van der Waals surface area contributed by atoms with E-state index in [-0.39, 0.29) is 24.3 Å². The lowest BCUT2D eigenvalue weighted by Gasteiger charge is -2.12. The maximum Gasteiger partial charge on any atom is 0.303 e. The van der Waals surface area contributed by atoms with E-state index in [4.69, 9.17) is 10.8 Å². The Kier molecular flexibility index (Phi) is 4.74. The van der Waals surface area contributed by atoms with Crippen LogP contribution in [0.1, 0.15) is 43.7 Å². The summed E-state index contributed by atoms with van der Waals surface area (Å²) in [4.78, 5) is 22.1. The van der Waals surface area contributed by atoms with E-state index in [0.717, 1.165) is 24.1 Å². The maximum atomic E-state index is 11.6. The number of benzene rings is 1. The summed E-state index contributed by atoms with van der Waals surface area (Å²) in [6.45, 7) is 0. The van der Waals surface area contributed by atoms with Crippen LogP contribution in [0.15, 0.2) is 24.3 Å². The molecule has 4 N–H and O–H groups in total. The van der Waals surface area contributed by atoms with Gasteiger partial charge in [-0.05, 0) is 43.4 Å². The molecule has 5 heteroatoms. The van der Waals surface area contributed by atoms with Crippen LogP contribution in [0, 0.1) is 5.92 Å². The lowest BCUT2D eigenvalue weighted by atomic mass is 10.0. The minimum atomic E-state index is -0.796. The van der Waals surface area contributed by atoms with Crippen molar-refractivity contribution in [1.29, 1.82) is 0 Å². The summed E-state index contributed by atoms with van der Waals surface area (Å²) in [5, 5.41) is 11.5. The number of nitrogens with two attached hydrogens (primary N) is 1. The van der Waals surface area contributed by atoms with E-state index in [1.165, 1.54) is 0 Å². The Balaban J connectivity index is 1.83. The van der Waals surface area contributed by atoms with Crippen LogP contribution in [0.25, 0.3) is 0 Å². The summed E-state index contributed by atoms with van der Waals surface area (Å²) in [6.07, 6.45) is 3.32. The van der Waals surface area contributed by atoms with Crippen LogP contribution in [0.3, 0.4) is 0 Å². The molecule has 2 rings (SSSR count). The van der Waals surface area contributed by atoms with Crippen LogP contribution in [0.2, 0.25) is 0 Å². The summed E-state index contributed by atoms with van der Waals surface area (Å²) in [5.41, 5.74) is 7.75. The number of nitrogens with one attached hydrogen (secondary N) is 1. The van der Waals surface area contributed by atoms with Crippen molar-refractivity contribution < 1.29 is 14.7 Å². The normalized spacial score (nSPS) is 15.7. The Morgan fingerprint density at radius 1 is 1.30 bits per heavy atom. The van der Waals surface area contributed by atoms with Crippen LogP contribution in [-0.2, 0) is 9.59 Å². The first kappa shape index (κ1) is 14.5. The van der Waals surface area contributed by atoms with Gasteiger partial charge in [0.25, 0.3) is 0 Å². The molecular formula is C15H20N2O3. The van der Waals surface area contributed by atoms with Crippen molar-refractivity contribution in [1.82, 2.24) is 0 Å². The van der Waals surface area contributed by atoms with Gasteiger partial charge in [-0.2, -0.15) is 0 Å². The Hall–Kier alpha value is -1.88. The number of aliphatic carboxylic acids is 1. The molecule has 1 aromatic rings. The van der Waals surface area contributed by atoms with Gasteiger partial charge in [0.05, 0.1) is 0 Å². The minimum absolute atomic E-state index is 0.0866. The van der Waals surface area contributed by atoms with Gasteiger partial charge < -0.3 is 16.2 Å². The molecule has 0 heterocycles. The molecule has 0 spiro atoms. The number of carbonyl (C=O) groups excluding carboxylic acids is 1. The molecule has 1 aliphatic rings. The van der Waals surface area contributed by atoms with E-state index in [1.807, 2.05) is 24.3 Å². The smallest absolute Gasteiger partial charge is 0.303 e. The van der Waals surface area contributed by atoms with E-state index >= 15 is 0 Å². The summed E-state index contributed by atoms with van der Waals surface area (Å²) in [7, 11) is 0. The molecular weight excluding hydrogens is 256 g/mol. The third-order valence-electron chi connectivity index (χ3n) is 3.46. The summed E-state index contributed by atoms with van der Waals surface area (Å²) < 4.78 is 0. The Labute approximate surface area is 118 Å². The molecule has 5 nitrogen and oxygen atoms in total. The summed E-state index contributed by atoms with van der Waals surface area (Å²) in [6, 6.07) is 7.28. The van der Waals surface area contributed by atoms with Gasteiger partial charge in [-0.15, -0.1) is 0 Å². The van der Waals surface area contributed by atoms with Gasteiger partial charge in [0, 0.05) is 24.1 Å². The Bertz CT molecular complexity index is 480. The number of anilines is 1. The number of amides is 1. The molecule has 1 atom stereocenters. The number of hydrogen-bond donors (Lipinski definition) is 3. The molecule has 0 aliphatic heterocycles. The van der Waals surface area contributed by atoms with Gasteiger partial charge in [-0.25, -0.2) is 0 Å². The Morgan fingerprint density at radius 2 is 1.95 bits per heavy atom. The third-order valence-corrected chi connectivity index (χ3v) is 3.46. The zero-order valence-electron chi connectivity index (χ0n) is 11.3. The second-order valence-corrected chi connectivity index (χ2v) is 5.28. The van der Waals surface area contributed by atoms with Crippen molar-refractivity contribution in [3.05, 3.63) is 29.8 Å². The summed E-state index contributed by atoms with van der Waals surface area (Å²) >= 11 is 0. The number of carboxylic acid groups (broad SMARTS) is 1. The van der Waals surface area contributed by atoms with Crippen LogP contribution >= 0.6 is 0 Å². The van der Waals surface area contributed by atoms with Gasteiger partial charge in [-0.1, -0.05) is 12.1 Å². The van der Waals surface area contributed by atoms with Crippen LogP contribution in [0.5, 0.6) is 0 Å². The molecule has 1 amide bonds. The van der Waals surface area contributed by atoms with Gasteiger partial charge in [0.1, 0.15) is 0 Å². The number of carbonyl (C=O) groups is 2. The molecule has 1 aromatic carbocycles. The number of hydrogen-bond acceptors (Lipinski definition) is 3. The average Bonchev–Trinajstić information content (AvgIpc) is 3.23. The lowest BCUT2D eigenvalue weighted by Crippen LogP contribution is -2.14. The second kappa shape index (κ2) is 6.52. The number of rotatable bonds is 7. The van der Waals surface area contributed by atoms with Crippen molar-refractivity contribution >= 4 is 17.6 Å². The van der Waals surface area contributed by atoms with Crippen LogP contribution < -0.4 is 11.1 Å². The Morgan fingerprint density at radius 3 is 2.50 bits per heavy atom. The second-order valence-electron chi connectivity index (χ2n) is 5.28. The van der Waals surface area contributed by atoms with Gasteiger partial charge >= 0.3 is 5.97 Å². The van der Waals surface area contributed by atoms with E-state index in [9.17, 15) is 9.59 Å². The monoisotopic (exact) mass is 276 g/mol. The first-order chi connectivity index (χ1) is 9.56. The highest BCUT2D eigenvalue weighted by Gasteiger charge is 2.29. The van der Waals surface area contributed by atoms with Crippen molar-refractivity contribution in [2.75, 3.05) is 5.32 Å². The fourth-order valence-electron chi connectivity index (χ4n) is 2.04. The molecule has 0 saturated heterocycles. The molecule has 1 unspecified atom stereocenters. The SMILES string of the molecule is NC(CCCC(=O)O)c1ccc(NC(=O)C2CC2)cc1. The molecule has 0 bridgehead atoms. The van der Waals surface area contributed by atoms with Gasteiger partial charge in [0.15, 0.2) is 0 Å². The standard InChI is InChI=1S/C15H20N2O3/c16-13(2-1-3-14(18)19)10-6-8-12(9-7-10)17-15(20)11-4-5-11/h6-9,11,13H,1-5,16H2,(H,17,20)(H,18,19). The first-order valence-corrected chi connectivity index (χ1v) is 6.94. The van der Waals surface area contributed by atoms with E-state index in [1.54, 1.807) is 0 Å². The maximum absolute atomic E-state index is 11.6. The molecule has 0 aromatic heterocycles. The molecule has 1 aliphatic carbocycles. The highest BCUT2D eigenvalue weighted by atomic mass is 16.4. The largest absolute Gasteiger partial charge is 0.481 e. The molecule has 0 radical (unpaired) electrons. The van der Waals surface area contributed by atoms with E-state index in [0.29, 0.717) is 12.8 Å². The topological polar surface area (TPSA) is 92.4 Å². The average molecular weight is 276 g/mol. The predicted molar refractivity (Wildman–Crippen MR) is 76.2 cm³/mol. The molecule has 108 valence electrons. The van der Waals surface area contributed by atoms with E-state index < -0.39 is 5.97 Å². The molecule has 1 saturated carbocycles.